The molecule has 0 saturated heterocycles. The molecule has 0 amide bonds. The smallest absolute Gasteiger partial charge is 0.0571 e. The Hall–Kier alpha value is -0.0400. The van der Waals surface area contributed by atoms with Gasteiger partial charge in [-0.05, 0) is 37.5 Å². The fourth-order valence-corrected chi connectivity index (χ4v) is 2.21. The average Bonchev–Trinajstić information content (AvgIpc) is 2.23. The first-order valence-corrected chi connectivity index (χ1v) is 3.54. The van der Waals surface area contributed by atoms with E-state index in [0.29, 0.717) is 5.92 Å². The highest BCUT2D eigenvalue weighted by Crippen LogP contribution is 2.44. The minimum absolute atomic E-state index is 0.0775. The maximum Gasteiger partial charge on any atom is 0.0571 e. The fourth-order valence-electron chi connectivity index (χ4n) is 2.21. The number of aliphatic hydroxyl groups excluding tert-OH is 1. The van der Waals surface area contributed by atoms with Crippen molar-refractivity contribution in [2.75, 3.05) is 0 Å². The van der Waals surface area contributed by atoms with E-state index in [2.05, 4.69) is 0 Å². The lowest BCUT2D eigenvalue weighted by atomic mass is 9.98. The molecular formula is C7H12O. The van der Waals surface area contributed by atoms with E-state index in [9.17, 15) is 5.11 Å². The molecule has 46 valence electrons. The van der Waals surface area contributed by atoms with E-state index in [-0.39, 0.29) is 6.10 Å². The maximum atomic E-state index is 9.22. The summed E-state index contributed by atoms with van der Waals surface area (Å²) >= 11 is 0. The van der Waals surface area contributed by atoms with Gasteiger partial charge in [0.1, 0.15) is 0 Å². The second-order valence-corrected chi connectivity index (χ2v) is 3.24. The largest absolute Gasteiger partial charge is 0.393 e. The second kappa shape index (κ2) is 1.47. The Bertz CT molecular complexity index is 98.6. The molecule has 2 bridgehead atoms. The van der Waals surface area contributed by atoms with Crippen molar-refractivity contribution in [2.45, 2.75) is 31.8 Å². The Labute approximate surface area is 49.7 Å². The molecule has 0 aliphatic heterocycles. The first kappa shape index (κ1) is 4.80. The molecule has 2 aliphatic carbocycles. The summed E-state index contributed by atoms with van der Waals surface area (Å²) in [6, 6.07) is 0. The molecule has 1 heteroatoms. The van der Waals surface area contributed by atoms with Crippen LogP contribution in [-0.4, -0.2) is 11.2 Å². The zero-order chi connectivity index (χ0) is 5.56. The number of fused-ring (bicyclic) bond motifs is 2. The third-order valence-corrected chi connectivity index (χ3v) is 2.70. The molecule has 0 aromatic carbocycles. The number of hydrogen-bond donors (Lipinski definition) is 1. The molecule has 2 rings (SSSR count). The molecule has 0 radical (unpaired) electrons. The van der Waals surface area contributed by atoms with Crippen molar-refractivity contribution in [1.29, 1.82) is 0 Å². The molecule has 2 fully saturated rings. The van der Waals surface area contributed by atoms with Crippen molar-refractivity contribution in [3.8, 4) is 0 Å². The van der Waals surface area contributed by atoms with Crippen molar-refractivity contribution in [1.82, 2.24) is 0 Å². The highest BCUT2D eigenvalue weighted by atomic mass is 16.3. The summed E-state index contributed by atoms with van der Waals surface area (Å²) in [4.78, 5) is 0. The third kappa shape index (κ3) is 0.510. The van der Waals surface area contributed by atoms with Crippen LogP contribution in [0.3, 0.4) is 0 Å². The Morgan fingerprint density at radius 1 is 1.12 bits per heavy atom. The van der Waals surface area contributed by atoms with Gasteiger partial charge >= 0.3 is 0 Å². The Balaban J connectivity index is 2.11. The van der Waals surface area contributed by atoms with Gasteiger partial charge in [0.15, 0.2) is 0 Å². The van der Waals surface area contributed by atoms with E-state index in [0.717, 1.165) is 12.3 Å². The van der Waals surface area contributed by atoms with Gasteiger partial charge in [-0.15, -0.1) is 0 Å². The minimum atomic E-state index is 0.0775. The molecular weight excluding hydrogens is 100 g/mol. The molecule has 0 unspecified atom stereocenters. The Morgan fingerprint density at radius 2 is 2.00 bits per heavy atom. The van der Waals surface area contributed by atoms with Gasteiger partial charge < -0.3 is 5.11 Å². The van der Waals surface area contributed by atoms with Gasteiger partial charge in [-0.1, -0.05) is 0 Å². The fraction of sp³-hybridized carbons (Fsp3) is 1.00. The lowest BCUT2D eigenvalue weighted by Crippen LogP contribution is -2.14. The van der Waals surface area contributed by atoms with Crippen LogP contribution >= 0.6 is 0 Å². The summed E-state index contributed by atoms with van der Waals surface area (Å²) in [5, 5.41) is 9.22. The number of rotatable bonds is 0. The zero-order valence-electron chi connectivity index (χ0n) is 5.01. The van der Waals surface area contributed by atoms with E-state index >= 15 is 0 Å². The summed E-state index contributed by atoms with van der Waals surface area (Å²) in [5.74, 6) is 1.59. The monoisotopic (exact) mass is 112 g/mol. The Morgan fingerprint density at radius 3 is 2.25 bits per heavy atom. The van der Waals surface area contributed by atoms with Crippen molar-refractivity contribution in [3.63, 3.8) is 0 Å². The molecule has 0 aromatic rings. The van der Waals surface area contributed by atoms with Crippen molar-refractivity contribution in [2.24, 2.45) is 11.8 Å². The standard InChI is InChI=1S/C7H12O/c8-7-4-5-1-2-6(7)3-5/h5-8H,1-4H2/t5-,6+,7-/m0/s1. The molecule has 1 N–H and O–H groups in total. The van der Waals surface area contributed by atoms with E-state index in [1.165, 1.54) is 19.3 Å². The zero-order valence-corrected chi connectivity index (χ0v) is 5.01. The van der Waals surface area contributed by atoms with E-state index in [4.69, 9.17) is 0 Å². The molecule has 0 aromatic heterocycles. The normalized spacial score (nSPS) is 52.9. The lowest BCUT2D eigenvalue weighted by molar-refractivity contribution is 0.113. The highest BCUT2D eigenvalue weighted by molar-refractivity contribution is 4.89. The quantitative estimate of drug-likeness (QED) is 0.498. The number of aliphatic hydroxyl groups is 1. The predicted octanol–water partition coefficient (Wildman–Crippen LogP) is 1.17. The maximum absolute atomic E-state index is 9.22. The van der Waals surface area contributed by atoms with Crippen LogP contribution in [0.25, 0.3) is 0 Å². The van der Waals surface area contributed by atoms with Gasteiger partial charge in [-0.3, -0.25) is 0 Å². The van der Waals surface area contributed by atoms with Gasteiger partial charge in [0, 0.05) is 0 Å². The van der Waals surface area contributed by atoms with E-state index < -0.39 is 0 Å². The molecule has 0 heterocycles. The van der Waals surface area contributed by atoms with Crippen LogP contribution in [0.2, 0.25) is 0 Å². The summed E-state index contributed by atoms with van der Waals surface area (Å²) in [6.45, 7) is 0. The van der Waals surface area contributed by atoms with Crippen LogP contribution in [0.5, 0.6) is 0 Å². The third-order valence-electron chi connectivity index (χ3n) is 2.70. The van der Waals surface area contributed by atoms with Crippen LogP contribution in [-0.2, 0) is 0 Å². The summed E-state index contributed by atoms with van der Waals surface area (Å²) in [6.07, 6.45) is 5.19. The molecule has 1 nitrogen and oxygen atoms in total. The molecule has 8 heavy (non-hydrogen) atoms. The van der Waals surface area contributed by atoms with Crippen molar-refractivity contribution in [3.05, 3.63) is 0 Å². The SMILES string of the molecule is O[C@H]1C[C@H]2CC[C@@H]1C2. The molecule has 0 spiro atoms. The van der Waals surface area contributed by atoms with Crippen LogP contribution in [0.15, 0.2) is 0 Å². The average molecular weight is 112 g/mol. The van der Waals surface area contributed by atoms with Gasteiger partial charge in [0.05, 0.1) is 6.10 Å². The first-order valence-electron chi connectivity index (χ1n) is 3.54. The highest BCUT2D eigenvalue weighted by Gasteiger charge is 2.38. The predicted molar refractivity (Wildman–Crippen MR) is 31.5 cm³/mol. The van der Waals surface area contributed by atoms with Gasteiger partial charge in [0.25, 0.3) is 0 Å². The molecule has 2 saturated carbocycles. The topological polar surface area (TPSA) is 20.2 Å². The van der Waals surface area contributed by atoms with Crippen LogP contribution in [0, 0.1) is 11.8 Å². The summed E-state index contributed by atoms with van der Waals surface area (Å²) in [7, 11) is 0. The lowest BCUT2D eigenvalue weighted by Gasteiger charge is -2.14. The summed E-state index contributed by atoms with van der Waals surface area (Å²) in [5.41, 5.74) is 0. The van der Waals surface area contributed by atoms with Crippen LogP contribution < -0.4 is 0 Å². The number of hydrogen-bond acceptors (Lipinski definition) is 1. The second-order valence-electron chi connectivity index (χ2n) is 3.24. The van der Waals surface area contributed by atoms with Gasteiger partial charge in [0.2, 0.25) is 0 Å². The van der Waals surface area contributed by atoms with E-state index in [1.807, 2.05) is 0 Å². The minimum Gasteiger partial charge on any atom is -0.393 e. The first-order chi connectivity index (χ1) is 3.86. The molecule has 3 atom stereocenters. The van der Waals surface area contributed by atoms with Gasteiger partial charge in [-0.25, -0.2) is 0 Å². The van der Waals surface area contributed by atoms with E-state index in [1.54, 1.807) is 0 Å². The van der Waals surface area contributed by atoms with Crippen LogP contribution in [0.1, 0.15) is 25.7 Å². The Kier molecular flexibility index (Phi) is 0.884. The molecule has 2 aliphatic rings. The van der Waals surface area contributed by atoms with Crippen molar-refractivity contribution < 1.29 is 5.11 Å². The van der Waals surface area contributed by atoms with Crippen LogP contribution in [0.4, 0.5) is 0 Å². The summed E-state index contributed by atoms with van der Waals surface area (Å²) < 4.78 is 0. The van der Waals surface area contributed by atoms with Crippen molar-refractivity contribution >= 4 is 0 Å². The van der Waals surface area contributed by atoms with Gasteiger partial charge in [-0.2, -0.15) is 0 Å².